The van der Waals surface area contributed by atoms with Crippen LogP contribution in [-0.4, -0.2) is 24.5 Å². The summed E-state index contributed by atoms with van der Waals surface area (Å²) in [5.74, 6) is 0.0527. The third-order valence-corrected chi connectivity index (χ3v) is 5.03. The lowest BCUT2D eigenvalue weighted by Crippen LogP contribution is -2.26. The predicted molar refractivity (Wildman–Crippen MR) is 65.1 cm³/mol. The molecule has 90 valence electrons. The Balaban J connectivity index is 2.94. The van der Waals surface area contributed by atoms with Crippen LogP contribution in [0, 0.1) is 6.92 Å². The van der Waals surface area contributed by atoms with Crippen molar-refractivity contribution in [3.05, 3.63) is 35.4 Å². The number of aliphatic hydroxyl groups is 1. The zero-order chi connectivity index (χ0) is 12.3. The van der Waals surface area contributed by atoms with Crippen molar-refractivity contribution in [3.8, 4) is 0 Å². The molecule has 0 spiro atoms. The molecule has 2 unspecified atom stereocenters. The van der Waals surface area contributed by atoms with Crippen molar-refractivity contribution in [2.45, 2.75) is 32.1 Å². The van der Waals surface area contributed by atoms with Crippen molar-refractivity contribution in [2.24, 2.45) is 0 Å². The van der Waals surface area contributed by atoms with Gasteiger partial charge in [-0.1, -0.05) is 36.8 Å². The summed E-state index contributed by atoms with van der Waals surface area (Å²) in [5, 5.41) is 9.20. The van der Waals surface area contributed by atoms with Gasteiger partial charge in [0.15, 0.2) is 9.84 Å². The summed E-state index contributed by atoms with van der Waals surface area (Å²) in [6, 6.07) is 7.26. The summed E-state index contributed by atoms with van der Waals surface area (Å²) in [7, 11) is -3.21. The van der Waals surface area contributed by atoms with E-state index >= 15 is 0 Å². The molecule has 3 nitrogen and oxygen atoms in total. The van der Waals surface area contributed by atoms with E-state index in [2.05, 4.69) is 0 Å². The van der Waals surface area contributed by atoms with Gasteiger partial charge in [-0.15, -0.1) is 0 Å². The van der Waals surface area contributed by atoms with Gasteiger partial charge in [0.2, 0.25) is 0 Å². The molecule has 0 heterocycles. The van der Waals surface area contributed by atoms with E-state index in [9.17, 15) is 13.5 Å². The Morgan fingerprint density at radius 1 is 1.25 bits per heavy atom. The van der Waals surface area contributed by atoms with E-state index in [0.717, 1.165) is 5.56 Å². The van der Waals surface area contributed by atoms with Crippen molar-refractivity contribution >= 4 is 9.84 Å². The van der Waals surface area contributed by atoms with Crippen LogP contribution < -0.4 is 0 Å². The molecule has 16 heavy (non-hydrogen) atoms. The maximum Gasteiger partial charge on any atom is 0.155 e. The van der Waals surface area contributed by atoms with E-state index in [1.165, 1.54) is 0 Å². The smallest absolute Gasteiger partial charge is 0.155 e. The second-order valence-electron chi connectivity index (χ2n) is 4.01. The first-order chi connectivity index (χ1) is 7.38. The minimum absolute atomic E-state index is 0.0527. The quantitative estimate of drug-likeness (QED) is 0.876. The average molecular weight is 242 g/mol. The Bertz CT molecular complexity index is 434. The van der Waals surface area contributed by atoms with Gasteiger partial charge in [0.05, 0.1) is 11.4 Å². The first-order valence-corrected chi connectivity index (χ1v) is 7.06. The van der Waals surface area contributed by atoms with Gasteiger partial charge in [-0.3, -0.25) is 0 Å². The third kappa shape index (κ3) is 2.83. The van der Waals surface area contributed by atoms with Crippen LogP contribution in [0.5, 0.6) is 0 Å². The summed E-state index contributed by atoms with van der Waals surface area (Å²) in [6.45, 7) is 5.08. The highest BCUT2D eigenvalue weighted by molar-refractivity contribution is 7.92. The molecule has 1 aromatic carbocycles. The molecule has 0 radical (unpaired) electrons. The van der Waals surface area contributed by atoms with Crippen LogP contribution in [0.3, 0.4) is 0 Å². The maximum atomic E-state index is 11.6. The van der Waals surface area contributed by atoms with Gasteiger partial charge in [0, 0.05) is 5.75 Å². The van der Waals surface area contributed by atoms with Crippen LogP contribution in [0.4, 0.5) is 0 Å². The molecule has 0 fully saturated rings. The first-order valence-electron chi connectivity index (χ1n) is 5.34. The van der Waals surface area contributed by atoms with Crippen LogP contribution >= 0.6 is 0 Å². The molecular formula is C12H18O3S. The molecule has 0 saturated carbocycles. The molecule has 0 aliphatic rings. The van der Waals surface area contributed by atoms with Gasteiger partial charge in [-0.2, -0.15) is 0 Å². The van der Waals surface area contributed by atoms with Gasteiger partial charge >= 0.3 is 0 Å². The Hall–Kier alpha value is -0.870. The molecule has 4 heteroatoms. The normalized spacial score (nSPS) is 15.8. The Labute approximate surface area is 97.0 Å². The third-order valence-electron chi connectivity index (χ3n) is 2.83. The fourth-order valence-corrected chi connectivity index (χ4v) is 2.57. The molecule has 0 aliphatic heterocycles. The minimum atomic E-state index is -3.21. The van der Waals surface area contributed by atoms with Crippen molar-refractivity contribution in [3.63, 3.8) is 0 Å². The Morgan fingerprint density at radius 3 is 2.19 bits per heavy atom. The lowest BCUT2D eigenvalue weighted by molar-refractivity contribution is 0.176. The van der Waals surface area contributed by atoms with Crippen LogP contribution in [0.1, 0.15) is 31.1 Å². The van der Waals surface area contributed by atoms with Gasteiger partial charge in [0.25, 0.3) is 0 Å². The van der Waals surface area contributed by atoms with E-state index in [1.54, 1.807) is 26.0 Å². The van der Waals surface area contributed by atoms with E-state index < -0.39 is 21.2 Å². The molecule has 1 rings (SSSR count). The lowest BCUT2D eigenvalue weighted by Gasteiger charge is -2.18. The van der Waals surface area contributed by atoms with Crippen molar-refractivity contribution in [2.75, 3.05) is 5.75 Å². The number of rotatable bonds is 4. The molecule has 0 bridgehead atoms. The highest BCUT2D eigenvalue weighted by atomic mass is 32.2. The van der Waals surface area contributed by atoms with E-state index in [0.29, 0.717) is 5.56 Å². The zero-order valence-electron chi connectivity index (χ0n) is 9.84. The SMILES string of the molecule is CCS(=O)(=O)C(C)C(O)c1ccc(C)cc1. The molecule has 2 atom stereocenters. The number of sulfone groups is 1. The topological polar surface area (TPSA) is 54.4 Å². The fraction of sp³-hybridized carbons (Fsp3) is 0.500. The molecule has 0 aromatic heterocycles. The summed E-state index contributed by atoms with van der Waals surface area (Å²) >= 11 is 0. The highest BCUT2D eigenvalue weighted by Crippen LogP contribution is 2.22. The number of hydrogen-bond acceptors (Lipinski definition) is 3. The van der Waals surface area contributed by atoms with Crippen molar-refractivity contribution in [1.82, 2.24) is 0 Å². The Morgan fingerprint density at radius 2 is 1.75 bits per heavy atom. The summed E-state index contributed by atoms with van der Waals surface area (Å²) in [6.07, 6.45) is -0.953. The lowest BCUT2D eigenvalue weighted by atomic mass is 10.1. The second-order valence-corrected chi connectivity index (χ2v) is 6.66. The Kier molecular flexibility index (Phi) is 4.10. The van der Waals surface area contributed by atoms with Crippen LogP contribution in [0.25, 0.3) is 0 Å². The molecule has 1 N–H and O–H groups in total. The molecule has 0 aliphatic carbocycles. The van der Waals surface area contributed by atoms with Gasteiger partial charge < -0.3 is 5.11 Å². The summed E-state index contributed by atoms with van der Waals surface area (Å²) in [5.41, 5.74) is 1.73. The van der Waals surface area contributed by atoms with Crippen molar-refractivity contribution < 1.29 is 13.5 Å². The molecule has 0 saturated heterocycles. The van der Waals surface area contributed by atoms with Crippen LogP contribution in [-0.2, 0) is 9.84 Å². The summed E-state index contributed by atoms with van der Waals surface area (Å²) < 4.78 is 23.2. The fourth-order valence-electron chi connectivity index (χ4n) is 1.49. The van der Waals surface area contributed by atoms with Gasteiger partial charge in [-0.05, 0) is 19.4 Å². The van der Waals surface area contributed by atoms with E-state index in [4.69, 9.17) is 0 Å². The van der Waals surface area contributed by atoms with Crippen molar-refractivity contribution in [1.29, 1.82) is 0 Å². The van der Waals surface area contributed by atoms with E-state index in [-0.39, 0.29) is 5.75 Å². The molecule has 0 amide bonds. The standard InChI is InChI=1S/C12H18O3S/c1-4-16(14,15)10(3)12(13)11-7-5-9(2)6-8-11/h5-8,10,12-13H,4H2,1-3H3. The second kappa shape index (κ2) is 4.97. The van der Waals surface area contributed by atoms with Crippen LogP contribution in [0.15, 0.2) is 24.3 Å². The minimum Gasteiger partial charge on any atom is -0.387 e. The summed E-state index contributed by atoms with van der Waals surface area (Å²) in [4.78, 5) is 0. The highest BCUT2D eigenvalue weighted by Gasteiger charge is 2.27. The average Bonchev–Trinajstić information content (AvgIpc) is 2.28. The molecular weight excluding hydrogens is 224 g/mol. The maximum absolute atomic E-state index is 11.6. The zero-order valence-corrected chi connectivity index (χ0v) is 10.7. The van der Waals surface area contributed by atoms with Gasteiger partial charge in [0.1, 0.15) is 0 Å². The number of aliphatic hydroxyl groups excluding tert-OH is 1. The first kappa shape index (κ1) is 13.2. The predicted octanol–water partition coefficient (Wildman–Crippen LogP) is 1.85. The number of benzene rings is 1. The number of aryl methyl sites for hydroxylation is 1. The molecule has 1 aromatic rings. The van der Waals surface area contributed by atoms with E-state index in [1.807, 2.05) is 19.1 Å². The van der Waals surface area contributed by atoms with Gasteiger partial charge in [-0.25, -0.2) is 8.42 Å². The monoisotopic (exact) mass is 242 g/mol. The number of hydrogen-bond donors (Lipinski definition) is 1. The van der Waals surface area contributed by atoms with Crippen LogP contribution in [0.2, 0.25) is 0 Å². The largest absolute Gasteiger partial charge is 0.387 e.